The van der Waals surface area contributed by atoms with Gasteiger partial charge in [0, 0.05) is 21.0 Å². The lowest BCUT2D eigenvalue weighted by Crippen LogP contribution is -2.00. The average Bonchev–Trinajstić information content (AvgIpc) is 3.39. The molecule has 4 rings (SSSR count). The molecule has 130 valence electrons. The van der Waals surface area contributed by atoms with Gasteiger partial charge in [0.05, 0.1) is 9.90 Å². The monoisotopic (exact) mass is 402 g/mol. The molecule has 5 nitrogen and oxygen atoms in total. The number of carbonyl (C=O) groups is 1. The number of rotatable bonds is 5. The minimum Gasteiger partial charge on any atom is -0.452 e. The summed E-state index contributed by atoms with van der Waals surface area (Å²) in [4.78, 5) is 13.6. The fourth-order valence-corrected chi connectivity index (χ4v) is 4.32. The van der Waals surface area contributed by atoms with E-state index in [1.165, 1.54) is 28.7 Å². The van der Waals surface area contributed by atoms with E-state index in [0.29, 0.717) is 10.9 Å². The Hall–Kier alpha value is -2.48. The molecule has 0 saturated heterocycles. The van der Waals surface area contributed by atoms with Crippen molar-refractivity contribution in [3.05, 3.63) is 63.6 Å². The van der Waals surface area contributed by atoms with Crippen LogP contribution in [-0.4, -0.2) is 16.2 Å². The Bertz CT molecular complexity index is 1080. The van der Waals surface area contributed by atoms with E-state index in [0.717, 1.165) is 19.8 Å². The summed E-state index contributed by atoms with van der Waals surface area (Å²) in [6.07, 6.45) is 2.99. The van der Waals surface area contributed by atoms with E-state index in [2.05, 4.69) is 10.2 Å². The van der Waals surface area contributed by atoms with Gasteiger partial charge in [-0.2, -0.15) is 0 Å². The molecule has 0 unspecified atom stereocenters. The maximum atomic E-state index is 11.9. The molecule has 4 aromatic rings. The summed E-state index contributed by atoms with van der Waals surface area (Å²) >= 11 is 9.35. The zero-order chi connectivity index (χ0) is 17.9. The van der Waals surface area contributed by atoms with Gasteiger partial charge in [0.2, 0.25) is 0 Å². The SMILES string of the molecule is O=C(/C=C/c1sc2ccccc2c1Cl)OCc1nnc(-c2cccs2)o1. The van der Waals surface area contributed by atoms with Gasteiger partial charge in [-0.05, 0) is 23.6 Å². The van der Waals surface area contributed by atoms with Crippen molar-refractivity contribution >= 4 is 56.4 Å². The number of hydrogen-bond donors (Lipinski definition) is 0. The summed E-state index contributed by atoms with van der Waals surface area (Å²) in [5.74, 6) is 0.156. The minimum absolute atomic E-state index is 0.0817. The largest absolute Gasteiger partial charge is 0.452 e. The van der Waals surface area contributed by atoms with Crippen LogP contribution in [0.5, 0.6) is 0 Å². The highest BCUT2D eigenvalue weighted by Crippen LogP contribution is 2.35. The third-order valence-electron chi connectivity index (χ3n) is 3.47. The first-order valence-electron chi connectivity index (χ1n) is 7.59. The Kier molecular flexibility index (Phi) is 4.83. The van der Waals surface area contributed by atoms with E-state index < -0.39 is 5.97 Å². The molecule has 0 N–H and O–H groups in total. The number of halogens is 1. The predicted octanol–water partition coefficient (Wildman–Crippen LogP) is 5.42. The van der Waals surface area contributed by atoms with Crippen molar-refractivity contribution in [3.8, 4) is 10.8 Å². The molecule has 26 heavy (non-hydrogen) atoms. The molecule has 0 aliphatic rings. The molecule has 0 fully saturated rings. The summed E-state index contributed by atoms with van der Waals surface area (Å²) in [5, 5.41) is 11.3. The summed E-state index contributed by atoms with van der Waals surface area (Å²) in [7, 11) is 0. The van der Waals surface area contributed by atoms with Crippen LogP contribution in [0.3, 0.4) is 0 Å². The van der Waals surface area contributed by atoms with E-state index >= 15 is 0 Å². The van der Waals surface area contributed by atoms with Crippen LogP contribution < -0.4 is 0 Å². The molecular formula is C18H11ClN2O3S2. The molecular weight excluding hydrogens is 392 g/mol. The van der Waals surface area contributed by atoms with Crippen molar-refractivity contribution in [3.63, 3.8) is 0 Å². The van der Waals surface area contributed by atoms with E-state index in [1.54, 1.807) is 6.08 Å². The second-order valence-corrected chi connectivity index (χ2v) is 7.61. The van der Waals surface area contributed by atoms with Crippen LogP contribution in [0.25, 0.3) is 26.9 Å². The maximum absolute atomic E-state index is 11.9. The summed E-state index contributed by atoms with van der Waals surface area (Å²) in [6, 6.07) is 11.6. The normalized spacial score (nSPS) is 11.4. The van der Waals surface area contributed by atoms with Crippen molar-refractivity contribution in [1.29, 1.82) is 0 Å². The Labute approximate surface area is 161 Å². The fraction of sp³-hybridized carbons (Fsp3) is 0.0556. The molecule has 3 aromatic heterocycles. The molecule has 0 aliphatic heterocycles. The molecule has 3 heterocycles. The Morgan fingerprint density at radius 2 is 2.12 bits per heavy atom. The highest BCUT2D eigenvalue weighted by Gasteiger charge is 2.11. The maximum Gasteiger partial charge on any atom is 0.331 e. The van der Waals surface area contributed by atoms with Crippen LogP contribution in [0.1, 0.15) is 10.8 Å². The number of fused-ring (bicyclic) bond motifs is 1. The lowest BCUT2D eigenvalue weighted by atomic mass is 10.2. The molecule has 8 heteroatoms. The van der Waals surface area contributed by atoms with Crippen LogP contribution in [0.15, 0.2) is 52.3 Å². The van der Waals surface area contributed by atoms with Crippen LogP contribution in [0, 0.1) is 0 Å². The second kappa shape index (κ2) is 7.41. The highest BCUT2D eigenvalue weighted by molar-refractivity contribution is 7.20. The number of esters is 1. The summed E-state index contributed by atoms with van der Waals surface area (Å²) in [6.45, 7) is -0.0817. The van der Waals surface area contributed by atoms with Gasteiger partial charge in [0.15, 0.2) is 6.61 Å². The quantitative estimate of drug-likeness (QED) is 0.329. The van der Waals surface area contributed by atoms with Gasteiger partial charge in [0.1, 0.15) is 0 Å². The summed E-state index contributed by atoms with van der Waals surface area (Å²) in [5.41, 5.74) is 0. The van der Waals surface area contributed by atoms with Gasteiger partial charge in [0.25, 0.3) is 11.8 Å². The van der Waals surface area contributed by atoms with Crippen LogP contribution in [-0.2, 0) is 16.1 Å². The standard InChI is InChI=1S/C18H11ClN2O3S2/c19-17-11-4-1-2-5-12(11)26-13(17)7-8-16(22)23-10-15-20-21-18(24-15)14-6-3-9-25-14/h1-9H,10H2/b8-7+. The van der Waals surface area contributed by atoms with Crippen LogP contribution >= 0.6 is 34.3 Å². The van der Waals surface area contributed by atoms with Crippen LogP contribution in [0.2, 0.25) is 5.02 Å². The average molecular weight is 403 g/mol. The first kappa shape index (κ1) is 17.0. The first-order valence-corrected chi connectivity index (χ1v) is 9.66. The third kappa shape index (κ3) is 3.55. The molecule has 1 aromatic carbocycles. The van der Waals surface area contributed by atoms with E-state index in [4.69, 9.17) is 20.8 Å². The Morgan fingerprint density at radius 1 is 1.23 bits per heavy atom. The van der Waals surface area contributed by atoms with Gasteiger partial charge in [-0.1, -0.05) is 35.9 Å². The van der Waals surface area contributed by atoms with Crippen molar-refractivity contribution in [2.45, 2.75) is 6.61 Å². The first-order chi connectivity index (χ1) is 12.7. The van der Waals surface area contributed by atoms with Gasteiger partial charge >= 0.3 is 5.97 Å². The van der Waals surface area contributed by atoms with Crippen molar-refractivity contribution in [2.75, 3.05) is 0 Å². The molecule has 0 radical (unpaired) electrons. The van der Waals surface area contributed by atoms with Gasteiger partial charge in [-0.25, -0.2) is 4.79 Å². The summed E-state index contributed by atoms with van der Waals surface area (Å²) < 4.78 is 11.7. The zero-order valence-electron chi connectivity index (χ0n) is 13.2. The van der Waals surface area contributed by atoms with E-state index in [1.807, 2.05) is 41.8 Å². The van der Waals surface area contributed by atoms with E-state index in [9.17, 15) is 4.79 Å². The third-order valence-corrected chi connectivity index (χ3v) is 5.98. The number of ether oxygens (including phenoxy) is 1. The number of hydrogen-bond acceptors (Lipinski definition) is 7. The number of thiophene rings is 2. The Balaban J connectivity index is 1.39. The molecule has 0 spiro atoms. The van der Waals surface area contributed by atoms with Crippen molar-refractivity contribution in [1.82, 2.24) is 10.2 Å². The second-order valence-electron chi connectivity index (χ2n) is 5.20. The topological polar surface area (TPSA) is 65.2 Å². The van der Waals surface area contributed by atoms with E-state index in [-0.39, 0.29) is 12.5 Å². The highest BCUT2D eigenvalue weighted by atomic mass is 35.5. The van der Waals surface area contributed by atoms with Gasteiger partial charge in [-0.15, -0.1) is 32.9 Å². The predicted molar refractivity (Wildman–Crippen MR) is 103 cm³/mol. The van der Waals surface area contributed by atoms with Crippen molar-refractivity contribution < 1.29 is 13.9 Å². The zero-order valence-corrected chi connectivity index (χ0v) is 15.6. The molecule has 0 amide bonds. The fourth-order valence-electron chi connectivity index (χ4n) is 2.28. The molecule has 0 atom stereocenters. The number of nitrogens with zero attached hydrogens (tertiary/aromatic N) is 2. The van der Waals surface area contributed by atoms with Gasteiger partial charge < -0.3 is 9.15 Å². The number of aromatic nitrogens is 2. The van der Waals surface area contributed by atoms with Crippen molar-refractivity contribution in [2.24, 2.45) is 0 Å². The van der Waals surface area contributed by atoms with Gasteiger partial charge in [-0.3, -0.25) is 0 Å². The number of benzene rings is 1. The number of carbonyl (C=O) groups excluding carboxylic acids is 1. The smallest absolute Gasteiger partial charge is 0.331 e. The molecule has 0 bridgehead atoms. The molecule has 0 saturated carbocycles. The molecule has 0 aliphatic carbocycles. The lowest BCUT2D eigenvalue weighted by Gasteiger charge is -1.96. The lowest BCUT2D eigenvalue weighted by molar-refractivity contribution is -0.139. The minimum atomic E-state index is -0.505. The Morgan fingerprint density at radius 3 is 2.92 bits per heavy atom. The van der Waals surface area contributed by atoms with Crippen LogP contribution in [0.4, 0.5) is 0 Å².